The third-order valence-corrected chi connectivity index (χ3v) is 7.83. The van der Waals surface area contributed by atoms with E-state index in [2.05, 4.69) is 4.90 Å². The number of nitrogens with zero attached hydrogens (tertiary/aromatic N) is 3. The minimum absolute atomic E-state index is 0.0271. The van der Waals surface area contributed by atoms with Crippen LogP contribution in [0.25, 0.3) is 0 Å². The summed E-state index contributed by atoms with van der Waals surface area (Å²) >= 11 is 0. The molecule has 0 radical (unpaired) electrons. The second-order valence-corrected chi connectivity index (χ2v) is 10.2. The Hall–Kier alpha value is -2.93. The van der Waals surface area contributed by atoms with Gasteiger partial charge in [-0.1, -0.05) is 60.7 Å². The smallest absolute Gasteiger partial charge is 0.298 e. The molecule has 1 aliphatic carbocycles. The molecule has 0 spiro atoms. The molecule has 7 heteroatoms. The molecular formula is C29H32F3N3O. The molecule has 1 aromatic heterocycles. The second-order valence-electron chi connectivity index (χ2n) is 10.2. The standard InChI is InChI=1S/C29H32F3N3O/c1-20-33-26-16-17-34(18-21-12-14-24(15-13-21)29(30,31)32)19-25(26)28(36)35(20)27(22-8-4-2-5-9-22)23-10-6-3-7-11-23/h2-11,21,24,27H,12-19H2,1H3. The average Bonchev–Trinajstić information content (AvgIpc) is 2.88. The predicted molar refractivity (Wildman–Crippen MR) is 134 cm³/mol. The zero-order valence-electron chi connectivity index (χ0n) is 20.5. The molecule has 0 unspecified atom stereocenters. The zero-order valence-corrected chi connectivity index (χ0v) is 20.5. The molecule has 0 amide bonds. The number of hydrogen-bond donors (Lipinski definition) is 0. The normalized spacial score (nSPS) is 20.9. The Balaban J connectivity index is 1.41. The molecule has 3 aromatic rings. The first-order chi connectivity index (χ1) is 17.3. The van der Waals surface area contributed by atoms with E-state index in [1.54, 1.807) is 0 Å². The maximum atomic E-state index is 14.0. The molecule has 2 aromatic carbocycles. The highest BCUT2D eigenvalue weighted by atomic mass is 19.4. The Morgan fingerprint density at radius 2 is 1.53 bits per heavy atom. The first-order valence-corrected chi connectivity index (χ1v) is 12.8. The number of rotatable bonds is 5. The van der Waals surface area contributed by atoms with Gasteiger partial charge in [0.2, 0.25) is 0 Å². The van der Waals surface area contributed by atoms with E-state index < -0.39 is 12.1 Å². The second kappa shape index (κ2) is 10.2. The van der Waals surface area contributed by atoms with Crippen molar-refractivity contribution in [2.75, 3.05) is 13.1 Å². The van der Waals surface area contributed by atoms with Crippen LogP contribution in [0.4, 0.5) is 13.2 Å². The maximum absolute atomic E-state index is 14.0. The average molecular weight is 496 g/mol. The number of benzene rings is 2. The van der Waals surface area contributed by atoms with Gasteiger partial charge in [0, 0.05) is 26.1 Å². The molecule has 1 saturated carbocycles. The van der Waals surface area contributed by atoms with E-state index in [1.165, 1.54) is 0 Å². The van der Waals surface area contributed by atoms with Crippen LogP contribution < -0.4 is 5.56 Å². The van der Waals surface area contributed by atoms with Crippen LogP contribution in [0.2, 0.25) is 0 Å². The number of fused-ring (bicyclic) bond motifs is 1. The van der Waals surface area contributed by atoms with Gasteiger partial charge in [-0.3, -0.25) is 14.3 Å². The number of aromatic nitrogens is 2. The van der Waals surface area contributed by atoms with Crippen LogP contribution in [0, 0.1) is 18.8 Å². The molecule has 5 rings (SSSR count). The number of aryl methyl sites for hydroxylation is 1. The van der Waals surface area contributed by atoms with Crippen molar-refractivity contribution in [3.8, 4) is 0 Å². The van der Waals surface area contributed by atoms with Crippen LogP contribution in [-0.4, -0.2) is 33.7 Å². The Morgan fingerprint density at radius 3 is 2.08 bits per heavy atom. The van der Waals surface area contributed by atoms with Gasteiger partial charge in [-0.05, 0) is 49.7 Å². The van der Waals surface area contributed by atoms with Gasteiger partial charge in [0.25, 0.3) is 5.56 Å². The molecule has 0 saturated heterocycles. The lowest BCUT2D eigenvalue weighted by Crippen LogP contribution is -2.42. The van der Waals surface area contributed by atoms with Crippen LogP contribution in [0.3, 0.4) is 0 Å². The summed E-state index contributed by atoms with van der Waals surface area (Å²) in [6.45, 7) is 3.91. The lowest BCUT2D eigenvalue weighted by molar-refractivity contribution is -0.184. The van der Waals surface area contributed by atoms with Gasteiger partial charge in [0.1, 0.15) is 5.82 Å². The molecule has 36 heavy (non-hydrogen) atoms. The van der Waals surface area contributed by atoms with Crippen molar-refractivity contribution in [3.05, 3.63) is 99.2 Å². The van der Waals surface area contributed by atoms with Crippen molar-refractivity contribution in [1.82, 2.24) is 14.5 Å². The zero-order chi connectivity index (χ0) is 25.3. The largest absolute Gasteiger partial charge is 0.391 e. The van der Waals surface area contributed by atoms with E-state index >= 15 is 0 Å². The third kappa shape index (κ3) is 5.12. The quantitative estimate of drug-likeness (QED) is 0.441. The SMILES string of the molecule is Cc1nc2c(c(=O)n1C(c1ccccc1)c1ccccc1)CN(CC1CCC(C(F)(F)F)CC1)CC2. The number of alkyl halides is 3. The van der Waals surface area contributed by atoms with Crippen molar-refractivity contribution in [2.45, 2.75) is 57.8 Å². The lowest BCUT2D eigenvalue weighted by Gasteiger charge is -2.35. The maximum Gasteiger partial charge on any atom is 0.391 e. The van der Waals surface area contributed by atoms with Gasteiger partial charge in [-0.25, -0.2) is 4.98 Å². The van der Waals surface area contributed by atoms with Crippen molar-refractivity contribution in [3.63, 3.8) is 0 Å². The lowest BCUT2D eigenvalue weighted by atomic mass is 9.81. The molecule has 190 valence electrons. The van der Waals surface area contributed by atoms with Crippen molar-refractivity contribution in [2.24, 2.45) is 11.8 Å². The van der Waals surface area contributed by atoms with Crippen molar-refractivity contribution < 1.29 is 13.2 Å². The Bertz CT molecular complexity index is 1190. The van der Waals surface area contributed by atoms with E-state index in [4.69, 9.17) is 4.98 Å². The predicted octanol–water partition coefficient (Wildman–Crippen LogP) is 5.92. The number of hydrogen-bond acceptors (Lipinski definition) is 3. The summed E-state index contributed by atoms with van der Waals surface area (Å²) in [5, 5.41) is 0. The van der Waals surface area contributed by atoms with Crippen LogP contribution >= 0.6 is 0 Å². The molecule has 0 bridgehead atoms. The third-order valence-electron chi connectivity index (χ3n) is 7.83. The fraction of sp³-hybridized carbons (Fsp3) is 0.448. The molecule has 1 fully saturated rings. The molecule has 0 atom stereocenters. The van der Waals surface area contributed by atoms with Gasteiger partial charge in [-0.2, -0.15) is 13.2 Å². The van der Waals surface area contributed by atoms with Gasteiger partial charge in [0.05, 0.1) is 23.2 Å². The van der Waals surface area contributed by atoms with E-state index in [1.807, 2.05) is 72.2 Å². The summed E-state index contributed by atoms with van der Waals surface area (Å²) < 4.78 is 41.0. The Labute approximate surface area is 209 Å². The highest BCUT2D eigenvalue weighted by Gasteiger charge is 2.41. The summed E-state index contributed by atoms with van der Waals surface area (Å²) in [7, 11) is 0. The summed E-state index contributed by atoms with van der Waals surface area (Å²) in [6.07, 6.45) is -1.80. The van der Waals surface area contributed by atoms with E-state index in [0.29, 0.717) is 37.2 Å². The highest BCUT2D eigenvalue weighted by Crippen LogP contribution is 2.40. The van der Waals surface area contributed by atoms with E-state index in [0.717, 1.165) is 29.9 Å². The fourth-order valence-corrected chi connectivity index (χ4v) is 5.92. The highest BCUT2D eigenvalue weighted by molar-refractivity contribution is 5.34. The molecule has 4 nitrogen and oxygen atoms in total. The summed E-state index contributed by atoms with van der Waals surface area (Å²) in [5.41, 5.74) is 3.58. The first kappa shape index (κ1) is 24.8. The van der Waals surface area contributed by atoms with Crippen LogP contribution in [0.5, 0.6) is 0 Å². The summed E-state index contributed by atoms with van der Waals surface area (Å²) in [4.78, 5) is 21.1. The summed E-state index contributed by atoms with van der Waals surface area (Å²) in [5.74, 6) is -0.231. The fourth-order valence-electron chi connectivity index (χ4n) is 5.92. The van der Waals surface area contributed by atoms with Crippen LogP contribution in [-0.2, 0) is 13.0 Å². The van der Waals surface area contributed by atoms with Crippen molar-refractivity contribution in [1.29, 1.82) is 0 Å². The van der Waals surface area contributed by atoms with Crippen LogP contribution in [0.15, 0.2) is 65.5 Å². The molecule has 2 aliphatic rings. The van der Waals surface area contributed by atoms with Crippen molar-refractivity contribution >= 4 is 0 Å². The van der Waals surface area contributed by atoms with Gasteiger partial charge < -0.3 is 0 Å². The molecule has 0 N–H and O–H groups in total. The minimum Gasteiger partial charge on any atom is -0.298 e. The Kier molecular flexibility index (Phi) is 7.02. The Morgan fingerprint density at radius 1 is 0.944 bits per heavy atom. The van der Waals surface area contributed by atoms with Crippen LogP contribution in [0.1, 0.15) is 59.9 Å². The number of halogens is 3. The van der Waals surface area contributed by atoms with Gasteiger partial charge in [-0.15, -0.1) is 0 Å². The van der Waals surface area contributed by atoms with Gasteiger partial charge >= 0.3 is 6.18 Å². The molecule has 1 aliphatic heterocycles. The topological polar surface area (TPSA) is 38.1 Å². The molecular weight excluding hydrogens is 463 g/mol. The molecule has 2 heterocycles. The first-order valence-electron chi connectivity index (χ1n) is 12.8. The monoisotopic (exact) mass is 495 g/mol. The minimum atomic E-state index is -4.09. The summed E-state index contributed by atoms with van der Waals surface area (Å²) in [6, 6.07) is 19.7. The van der Waals surface area contributed by atoms with Gasteiger partial charge in [0.15, 0.2) is 0 Å². The van der Waals surface area contributed by atoms with E-state index in [9.17, 15) is 18.0 Å². The van der Waals surface area contributed by atoms with E-state index in [-0.39, 0.29) is 30.4 Å².